The number of nitrogens with zero attached hydrogens (tertiary/aromatic N) is 2. The highest BCUT2D eigenvalue weighted by atomic mass is 16.5. The Morgan fingerprint density at radius 3 is 2.48 bits per heavy atom. The van der Waals surface area contributed by atoms with Gasteiger partial charge < -0.3 is 10.1 Å². The molecule has 0 saturated heterocycles. The second-order valence-electron chi connectivity index (χ2n) is 4.45. The zero-order chi connectivity index (χ0) is 15.2. The number of hydrogen-bond acceptors (Lipinski definition) is 5. The van der Waals surface area contributed by atoms with E-state index in [9.17, 15) is 9.59 Å². The van der Waals surface area contributed by atoms with Crippen LogP contribution in [0.15, 0.2) is 42.7 Å². The van der Waals surface area contributed by atoms with Crippen molar-refractivity contribution in [1.82, 2.24) is 9.97 Å². The van der Waals surface area contributed by atoms with Gasteiger partial charge >= 0.3 is 5.97 Å². The summed E-state index contributed by atoms with van der Waals surface area (Å²) >= 11 is 0. The molecule has 0 aliphatic heterocycles. The monoisotopic (exact) mass is 285 g/mol. The first-order valence-electron chi connectivity index (χ1n) is 6.42. The van der Waals surface area contributed by atoms with Crippen LogP contribution in [0.25, 0.3) is 0 Å². The Balaban J connectivity index is 1.94. The van der Waals surface area contributed by atoms with E-state index < -0.39 is 18.0 Å². The number of carbonyl (C=O) groups is 2. The lowest BCUT2D eigenvalue weighted by Gasteiger charge is -2.13. The van der Waals surface area contributed by atoms with Crippen LogP contribution in [0.1, 0.15) is 23.1 Å². The number of esters is 1. The molecule has 2 rings (SSSR count). The van der Waals surface area contributed by atoms with Gasteiger partial charge in [0.2, 0.25) is 0 Å². The number of nitrogens with one attached hydrogen (secondary N) is 1. The van der Waals surface area contributed by atoms with Crippen LogP contribution in [0.2, 0.25) is 0 Å². The molecule has 0 bridgehead atoms. The molecule has 1 heterocycles. The molecule has 108 valence electrons. The number of carbonyl (C=O) groups excluding carboxylic acids is 2. The molecule has 1 aromatic carbocycles. The summed E-state index contributed by atoms with van der Waals surface area (Å²) < 4.78 is 5.06. The summed E-state index contributed by atoms with van der Waals surface area (Å²) in [6.45, 7) is 3.26. The average Bonchev–Trinajstić information content (AvgIpc) is 2.48. The minimum absolute atomic E-state index is 0.0694. The van der Waals surface area contributed by atoms with E-state index >= 15 is 0 Å². The lowest BCUT2D eigenvalue weighted by molar-refractivity contribution is -0.123. The van der Waals surface area contributed by atoms with E-state index in [1.54, 1.807) is 31.2 Å². The first-order chi connectivity index (χ1) is 10.1. The van der Waals surface area contributed by atoms with Crippen LogP contribution < -0.4 is 5.32 Å². The number of aromatic nitrogens is 2. The number of anilines is 1. The third-order valence-electron chi connectivity index (χ3n) is 2.68. The Morgan fingerprint density at radius 1 is 1.14 bits per heavy atom. The molecule has 0 radical (unpaired) electrons. The van der Waals surface area contributed by atoms with Gasteiger partial charge in [-0.3, -0.25) is 9.78 Å². The fourth-order valence-corrected chi connectivity index (χ4v) is 1.54. The van der Waals surface area contributed by atoms with Crippen LogP contribution in [-0.2, 0) is 9.53 Å². The lowest BCUT2D eigenvalue weighted by atomic mass is 10.3. The highest BCUT2D eigenvalue weighted by Gasteiger charge is 2.19. The van der Waals surface area contributed by atoms with Crippen molar-refractivity contribution < 1.29 is 14.3 Å². The Hall–Kier alpha value is -2.76. The Morgan fingerprint density at radius 2 is 1.86 bits per heavy atom. The molecule has 6 heteroatoms. The number of amides is 1. The van der Waals surface area contributed by atoms with Gasteiger partial charge in [0.1, 0.15) is 0 Å². The summed E-state index contributed by atoms with van der Waals surface area (Å²) in [5.74, 6) is -1.09. The van der Waals surface area contributed by atoms with Crippen LogP contribution in [0, 0.1) is 6.92 Å². The number of hydrogen-bond donors (Lipinski definition) is 1. The van der Waals surface area contributed by atoms with Gasteiger partial charge in [-0.2, -0.15) is 0 Å². The molecule has 6 nitrogen and oxygen atoms in total. The normalized spacial score (nSPS) is 11.5. The van der Waals surface area contributed by atoms with Crippen LogP contribution in [0.3, 0.4) is 0 Å². The molecule has 0 saturated carbocycles. The molecule has 1 N–H and O–H groups in total. The Labute approximate surface area is 122 Å². The lowest BCUT2D eigenvalue weighted by Crippen LogP contribution is -2.30. The van der Waals surface area contributed by atoms with Gasteiger partial charge in [0, 0.05) is 11.9 Å². The molecule has 0 spiro atoms. The standard InChI is InChI=1S/C15H15N3O3/c1-10-8-17-13(9-16-10)15(20)21-11(2)14(19)18-12-6-4-3-5-7-12/h3-9,11H,1-2H3,(H,18,19)/t11-/m0/s1. The van der Waals surface area contributed by atoms with E-state index in [0.29, 0.717) is 11.4 Å². The fraction of sp³-hybridized carbons (Fsp3) is 0.200. The number of benzene rings is 1. The maximum atomic E-state index is 11.9. The molecule has 2 aromatic rings. The predicted octanol–water partition coefficient (Wildman–Crippen LogP) is 1.97. The zero-order valence-electron chi connectivity index (χ0n) is 11.7. The number of ether oxygens (including phenoxy) is 1. The van der Waals surface area contributed by atoms with Crippen molar-refractivity contribution in [2.75, 3.05) is 5.32 Å². The van der Waals surface area contributed by atoms with E-state index in [2.05, 4.69) is 15.3 Å². The molecule has 0 aliphatic rings. The smallest absolute Gasteiger partial charge is 0.359 e. The zero-order valence-corrected chi connectivity index (χ0v) is 11.7. The largest absolute Gasteiger partial charge is 0.448 e. The molecular formula is C15H15N3O3. The van der Waals surface area contributed by atoms with Gasteiger partial charge in [-0.05, 0) is 26.0 Å². The van der Waals surface area contributed by atoms with Crippen molar-refractivity contribution >= 4 is 17.6 Å². The first-order valence-corrected chi connectivity index (χ1v) is 6.42. The van der Waals surface area contributed by atoms with Gasteiger partial charge in [0.15, 0.2) is 11.8 Å². The quantitative estimate of drug-likeness (QED) is 0.868. The Bertz CT molecular complexity index is 626. The van der Waals surface area contributed by atoms with Crippen LogP contribution in [0.5, 0.6) is 0 Å². The number of rotatable bonds is 4. The van der Waals surface area contributed by atoms with E-state index in [1.807, 2.05) is 6.07 Å². The molecular weight excluding hydrogens is 270 g/mol. The van der Waals surface area contributed by atoms with E-state index in [1.165, 1.54) is 19.3 Å². The first kappa shape index (κ1) is 14.6. The molecule has 1 amide bonds. The summed E-state index contributed by atoms with van der Waals surface area (Å²) in [6, 6.07) is 8.94. The van der Waals surface area contributed by atoms with Crippen LogP contribution >= 0.6 is 0 Å². The van der Waals surface area contributed by atoms with Gasteiger partial charge in [-0.1, -0.05) is 18.2 Å². The van der Waals surface area contributed by atoms with Crippen LogP contribution in [0.4, 0.5) is 5.69 Å². The minimum Gasteiger partial charge on any atom is -0.448 e. The topological polar surface area (TPSA) is 81.2 Å². The third kappa shape index (κ3) is 4.10. The average molecular weight is 285 g/mol. The summed E-state index contributed by atoms with van der Waals surface area (Å²) in [5, 5.41) is 2.66. The maximum absolute atomic E-state index is 11.9. The summed E-state index contributed by atoms with van der Waals surface area (Å²) in [7, 11) is 0. The van der Waals surface area contributed by atoms with Crippen molar-refractivity contribution in [1.29, 1.82) is 0 Å². The maximum Gasteiger partial charge on any atom is 0.359 e. The number of para-hydroxylation sites is 1. The molecule has 0 aliphatic carbocycles. The minimum atomic E-state index is -0.930. The SMILES string of the molecule is Cc1cnc(C(=O)O[C@@H](C)C(=O)Nc2ccccc2)cn1. The molecule has 1 atom stereocenters. The van der Waals surface area contributed by atoms with E-state index in [-0.39, 0.29) is 5.69 Å². The predicted molar refractivity (Wildman–Crippen MR) is 76.7 cm³/mol. The second kappa shape index (κ2) is 6.60. The van der Waals surface area contributed by atoms with Crippen molar-refractivity contribution in [2.45, 2.75) is 20.0 Å². The van der Waals surface area contributed by atoms with Crippen molar-refractivity contribution in [3.63, 3.8) is 0 Å². The van der Waals surface area contributed by atoms with E-state index in [0.717, 1.165) is 0 Å². The van der Waals surface area contributed by atoms with Gasteiger partial charge in [-0.15, -0.1) is 0 Å². The molecule has 21 heavy (non-hydrogen) atoms. The van der Waals surface area contributed by atoms with Crippen LogP contribution in [-0.4, -0.2) is 27.9 Å². The summed E-state index contributed by atoms with van der Waals surface area (Å²) in [4.78, 5) is 31.6. The van der Waals surface area contributed by atoms with Crippen molar-refractivity contribution in [3.05, 3.63) is 54.1 Å². The molecule has 1 aromatic heterocycles. The van der Waals surface area contributed by atoms with Gasteiger partial charge in [0.25, 0.3) is 5.91 Å². The highest BCUT2D eigenvalue weighted by Crippen LogP contribution is 2.07. The Kier molecular flexibility index (Phi) is 4.61. The van der Waals surface area contributed by atoms with Crippen molar-refractivity contribution in [3.8, 4) is 0 Å². The fourth-order valence-electron chi connectivity index (χ4n) is 1.54. The summed E-state index contributed by atoms with van der Waals surface area (Å²) in [6.07, 6.45) is 1.85. The molecule has 0 unspecified atom stereocenters. The second-order valence-corrected chi connectivity index (χ2v) is 4.45. The van der Waals surface area contributed by atoms with Gasteiger partial charge in [-0.25, -0.2) is 9.78 Å². The van der Waals surface area contributed by atoms with E-state index in [4.69, 9.17) is 4.74 Å². The highest BCUT2D eigenvalue weighted by molar-refractivity contribution is 5.96. The van der Waals surface area contributed by atoms with Gasteiger partial charge in [0.05, 0.1) is 11.9 Å². The summed E-state index contributed by atoms with van der Waals surface area (Å²) in [5.41, 5.74) is 1.40. The number of aryl methyl sites for hydroxylation is 1. The van der Waals surface area contributed by atoms with Crippen molar-refractivity contribution in [2.24, 2.45) is 0 Å². The third-order valence-corrected chi connectivity index (χ3v) is 2.68. The molecule has 0 fully saturated rings.